The van der Waals surface area contributed by atoms with Gasteiger partial charge in [0.05, 0.1) is 0 Å². The fourth-order valence-electron chi connectivity index (χ4n) is 7.03. The van der Waals surface area contributed by atoms with Crippen molar-refractivity contribution in [3.63, 3.8) is 0 Å². The van der Waals surface area contributed by atoms with Crippen LogP contribution in [0.5, 0.6) is 0 Å². The van der Waals surface area contributed by atoms with Crippen LogP contribution in [0.15, 0.2) is 109 Å². The lowest BCUT2D eigenvalue weighted by Crippen LogP contribution is -2.30. The average Bonchev–Trinajstić information content (AvgIpc) is 3.31. The van der Waals surface area contributed by atoms with E-state index in [2.05, 4.69) is 124 Å². The zero-order valence-corrected chi connectivity index (χ0v) is 42.7. The highest BCUT2D eigenvalue weighted by Crippen LogP contribution is 2.14. The summed E-state index contributed by atoms with van der Waals surface area (Å²) in [6.07, 6.45) is 72.3. The molecule has 1 atom stereocenters. The zero-order chi connectivity index (χ0) is 47.9. The van der Waals surface area contributed by atoms with E-state index in [1.54, 1.807) is 0 Å². The molecule has 0 bridgehead atoms. The Morgan fingerprint density at radius 1 is 0.318 bits per heavy atom. The van der Waals surface area contributed by atoms with Gasteiger partial charge < -0.3 is 14.2 Å². The molecule has 0 saturated carbocycles. The van der Waals surface area contributed by atoms with E-state index < -0.39 is 6.10 Å². The number of allylic oxidation sites excluding steroid dienone is 18. The molecular formula is C60H98O6. The fraction of sp³-hybridized carbons (Fsp3) is 0.650. The number of rotatable bonds is 47. The summed E-state index contributed by atoms with van der Waals surface area (Å²) in [6, 6.07) is 0. The van der Waals surface area contributed by atoms with Crippen molar-refractivity contribution in [3.05, 3.63) is 109 Å². The highest BCUT2D eigenvalue weighted by molar-refractivity contribution is 5.71. The average molecular weight is 915 g/mol. The molecule has 0 aliphatic carbocycles. The van der Waals surface area contributed by atoms with Gasteiger partial charge in [0, 0.05) is 19.3 Å². The highest BCUT2D eigenvalue weighted by Gasteiger charge is 2.19. The number of hydrogen-bond acceptors (Lipinski definition) is 6. The minimum absolute atomic E-state index is 0.113. The maximum atomic E-state index is 12.8. The molecule has 0 amide bonds. The summed E-state index contributed by atoms with van der Waals surface area (Å²) in [5.74, 6) is -1.02. The van der Waals surface area contributed by atoms with E-state index in [0.717, 1.165) is 103 Å². The van der Waals surface area contributed by atoms with E-state index in [0.29, 0.717) is 19.3 Å². The Balaban J connectivity index is 4.49. The number of unbranched alkanes of at least 4 members (excludes halogenated alkanes) is 18. The molecule has 66 heavy (non-hydrogen) atoms. The largest absolute Gasteiger partial charge is 0.462 e. The molecule has 374 valence electrons. The molecule has 0 saturated heterocycles. The molecule has 0 heterocycles. The van der Waals surface area contributed by atoms with Crippen LogP contribution in [0.4, 0.5) is 0 Å². The first-order chi connectivity index (χ1) is 32.5. The predicted octanol–water partition coefficient (Wildman–Crippen LogP) is 17.9. The second-order valence-electron chi connectivity index (χ2n) is 17.4. The minimum Gasteiger partial charge on any atom is -0.462 e. The molecule has 0 rings (SSSR count). The van der Waals surface area contributed by atoms with Crippen molar-refractivity contribution < 1.29 is 28.6 Å². The van der Waals surface area contributed by atoms with E-state index >= 15 is 0 Å². The third-order valence-corrected chi connectivity index (χ3v) is 11.0. The van der Waals surface area contributed by atoms with Crippen LogP contribution in [-0.2, 0) is 28.6 Å². The van der Waals surface area contributed by atoms with Gasteiger partial charge in [-0.15, -0.1) is 0 Å². The third-order valence-electron chi connectivity index (χ3n) is 11.0. The van der Waals surface area contributed by atoms with Crippen LogP contribution in [0.3, 0.4) is 0 Å². The second-order valence-corrected chi connectivity index (χ2v) is 17.4. The monoisotopic (exact) mass is 915 g/mol. The summed E-state index contributed by atoms with van der Waals surface area (Å²) in [6.45, 7) is 6.32. The predicted molar refractivity (Wildman–Crippen MR) is 283 cm³/mol. The molecule has 0 radical (unpaired) electrons. The van der Waals surface area contributed by atoms with Crippen molar-refractivity contribution in [2.45, 2.75) is 239 Å². The molecule has 6 nitrogen and oxygen atoms in total. The first-order valence-corrected chi connectivity index (χ1v) is 26.9. The molecule has 1 unspecified atom stereocenters. The van der Waals surface area contributed by atoms with E-state index in [1.807, 2.05) is 6.08 Å². The third kappa shape index (κ3) is 51.1. The van der Waals surface area contributed by atoms with Crippen molar-refractivity contribution in [3.8, 4) is 0 Å². The van der Waals surface area contributed by atoms with Gasteiger partial charge in [0.1, 0.15) is 13.2 Å². The number of esters is 3. The van der Waals surface area contributed by atoms with Gasteiger partial charge in [-0.25, -0.2) is 0 Å². The molecule has 0 aromatic heterocycles. The van der Waals surface area contributed by atoms with E-state index in [9.17, 15) is 14.4 Å². The van der Waals surface area contributed by atoms with Crippen LogP contribution < -0.4 is 0 Å². The van der Waals surface area contributed by atoms with Crippen molar-refractivity contribution in [2.75, 3.05) is 13.2 Å². The first kappa shape index (κ1) is 62.1. The lowest BCUT2D eigenvalue weighted by atomic mass is 10.1. The molecule has 0 spiro atoms. The van der Waals surface area contributed by atoms with Crippen molar-refractivity contribution in [2.24, 2.45) is 0 Å². The van der Waals surface area contributed by atoms with Crippen LogP contribution in [0, 0.1) is 0 Å². The Morgan fingerprint density at radius 2 is 0.621 bits per heavy atom. The summed E-state index contributed by atoms with van der Waals surface area (Å²) in [5.41, 5.74) is 0. The number of carbonyl (C=O) groups is 3. The minimum atomic E-state index is -0.821. The van der Waals surface area contributed by atoms with Gasteiger partial charge in [0.15, 0.2) is 6.10 Å². The maximum Gasteiger partial charge on any atom is 0.306 e. The van der Waals surface area contributed by atoms with Crippen LogP contribution in [0.1, 0.15) is 233 Å². The molecule has 0 fully saturated rings. The Hall–Kier alpha value is -3.93. The molecule has 0 aromatic carbocycles. The summed E-state index contributed by atoms with van der Waals surface area (Å²) in [5, 5.41) is 0. The summed E-state index contributed by atoms with van der Waals surface area (Å²) < 4.78 is 16.7. The Bertz CT molecular complexity index is 1370. The van der Waals surface area contributed by atoms with Gasteiger partial charge >= 0.3 is 17.9 Å². The molecule has 0 aliphatic rings. The van der Waals surface area contributed by atoms with Crippen LogP contribution >= 0.6 is 0 Å². The van der Waals surface area contributed by atoms with Crippen molar-refractivity contribution in [1.29, 1.82) is 0 Å². The molecular weight excluding hydrogens is 817 g/mol. The topological polar surface area (TPSA) is 78.9 Å². The Morgan fingerprint density at radius 3 is 1.03 bits per heavy atom. The normalized spacial score (nSPS) is 13.0. The number of ether oxygens (including phenoxy) is 3. The van der Waals surface area contributed by atoms with Crippen LogP contribution in [0.25, 0.3) is 0 Å². The number of hydrogen-bond donors (Lipinski definition) is 0. The highest BCUT2D eigenvalue weighted by atomic mass is 16.6. The van der Waals surface area contributed by atoms with Gasteiger partial charge in [-0.1, -0.05) is 214 Å². The molecule has 6 heteroatoms. The van der Waals surface area contributed by atoms with Gasteiger partial charge in [-0.05, 0) is 109 Å². The summed E-state index contributed by atoms with van der Waals surface area (Å²) in [4.78, 5) is 38.0. The summed E-state index contributed by atoms with van der Waals surface area (Å²) >= 11 is 0. The fourth-order valence-corrected chi connectivity index (χ4v) is 7.03. The number of carbonyl (C=O) groups excluding carboxylic acids is 3. The maximum absolute atomic E-state index is 12.8. The van der Waals surface area contributed by atoms with Gasteiger partial charge in [0.2, 0.25) is 0 Å². The molecule has 0 aliphatic heterocycles. The standard InChI is InChI=1S/C60H98O6/c1-4-7-10-13-16-19-22-25-27-29-30-31-33-35-38-41-44-47-50-53-59(62)65-56-57(55-64-58(61)52-49-46-43-40-37-34-24-21-18-15-12-9-6-3)66-60(63)54-51-48-45-42-39-36-32-28-26-23-20-17-14-11-8-5-2/h7-8,10-11,16-17,19-20,25-28,34,36-37,39,43,46,57H,4-6,9,12-15,18,21-24,29-33,35,38,40-42,44-45,47-56H2,1-3H3/b10-7+,11-8+,19-16+,20-17+,27-25+,28-26+,37-34+,39-36+,46-43+. The summed E-state index contributed by atoms with van der Waals surface area (Å²) in [7, 11) is 0. The lowest BCUT2D eigenvalue weighted by Gasteiger charge is -2.18. The first-order valence-electron chi connectivity index (χ1n) is 26.9. The quantitative estimate of drug-likeness (QED) is 0.0262. The van der Waals surface area contributed by atoms with Crippen LogP contribution in [-0.4, -0.2) is 37.2 Å². The smallest absolute Gasteiger partial charge is 0.306 e. The zero-order valence-electron chi connectivity index (χ0n) is 42.7. The van der Waals surface area contributed by atoms with Crippen LogP contribution in [0.2, 0.25) is 0 Å². The molecule has 0 N–H and O–H groups in total. The Labute approximate surface area is 406 Å². The molecule has 0 aromatic rings. The lowest BCUT2D eigenvalue weighted by molar-refractivity contribution is -0.166. The van der Waals surface area contributed by atoms with Gasteiger partial charge in [-0.2, -0.15) is 0 Å². The van der Waals surface area contributed by atoms with E-state index in [-0.39, 0.29) is 44.0 Å². The SMILES string of the molecule is CC/C=C/C/C=C/C/C=C/C/C=C/CCCCCC(=O)OC(COC(=O)CC/C=C/C/C=C/CCCCCCCC)COC(=O)CCCCCCCCCCC/C=C/C/C=C/C/C=C/CC. The van der Waals surface area contributed by atoms with E-state index in [1.165, 1.54) is 77.0 Å². The van der Waals surface area contributed by atoms with E-state index in [4.69, 9.17) is 14.2 Å². The Kier molecular flexibility index (Phi) is 50.5. The van der Waals surface area contributed by atoms with Crippen molar-refractivity contribution >= 4 is 17.9 Å². The van der Waals surface area contributed by atoms with Crippen molar-refractivity contribution in [1.82, 2.24) is 0 Å². The second kappa shape index (κ2) is 53.7. The van der Waals surface area contributed by atoms with Gasteiger partial charge in [-0.3, -0.25) is 14.4 Å². The van der Waals surface area contributed by atoms with Gasteiger partial charge in [0.25, 0.3) is 0 Å².